The number of hydrogen-bond acceptors (Lipinski definition) is 2. The van der Waals surface area contributed by atoms with Gasteiger partial charge in [0.15, 0.2) is 17.4 Å². The highest BCUT2D eigenvalue weighted by Gasteiger charge is 2.36. The van der Waals surface area contributed by atoms with Crippen molar-refractivity contribution in [3.63, 3.8) is 0 Å². The van der Waals surface area contributed by atoms with Gasteiger partial charge in [0, 0.05) is 5.56 Å². The van der Waals surface area contributed by atoms with Crippen molar-refractivity contribution in [2.24, 2.45) is 0 Å². The molecule has 0 aliphatic carbocycles. The predicted molar refractivity (Wildman–Crippen MR) is 65.6 cm³/mol. The van der Waals surface area contributed by atoms with Gasteiger partial charge >= 0.3 is 0 Å². The number of carbonyl (C=O) groups is 1. The van der Waals surface area contributed by atoms with Crippen LogP contribution in [0.4, 0.5) is 8.78 Å². The second-order valence-corrected chi connectivity index (χ2v) is 5.21. The summed E-state index contributed by atoms with van der Waals surface area (Å²) in [5.41, 5.74) is -0.438. The quantitative estimate of drug-likeness (QED) is 0.772. The highest BCUT2D eigenvalue weighted by molar-refractivity contribution is 6.02. The van der Waals surface area contributed by atoms with Gasteiger partial charge in [-0.3, -0.25) is 9.69 Å². The Balaban J connectivity index is 2.26. The highest BCUT2D eigenvalue weighted by atomic mass is 19.2. The molecule has 2 nitrogen and oxygen atoms in total. The lowest BCUT2D eigenvalue weighted by Crippen LogP contribution is -2.48. The third-order valence-corrected chi connectivity index (χ3v) is 3.63. The van der Waals surface area contributed by atoms with E-state index in [0.717, 1.165) is 38.1 Å². The number of Topliss-reactive ketones (excluding diaryl/α,β-unsaturated/α-hetero) is 1. The molecule has 1 aromatic rings. The Morgan fingerprint density at radius 1 is 1.17 bits per heavy atom. The maximum atomic E-state index is 13.2. The number of benzene rings is 1. The maximum Gasteiger partial charge on any atom is 0.182 e. The summed E-state index contributed by atoms with van der Waals surface area (Å²) in [6.45, 7) is 5.43. The van der Waals surface area contributed by atoms with E-state index in [4.69, 9.17) is 0 Å². The molecule has 0 amide bonds. The molecule has 1 fully saturated rings. The molecule has 98 valence electrons. The molecular weight excluding hydrogens is 236 g/mol. The Morgan fingerprint density at radius 2 is 1.78 bits per heavy atom. The molecule has 0 unspecified atom stereocenters. The summed E-state index contributed by atoms with van der Waals surface area (Å²) in [6.07, 6.45) is 2.16. The van der Waals surface area contributed by atoms with Gasteiger partial charge in [-0.2, -0.15) is 0 Å². The van der Waals surface area contributed by atoms with E-state index >= 15 is 0 Å². The van der Waals surface area contributed by atoms with Gasteiger partial charge < -0.3 is 0 Å². The summed E-state index contributed by atoms with van der Waals surface area (Å²) >= 11 is 0. The Bertz CT molecular complexity index is 465. The highest BCUT2D eigenvalue weighted by Crippen LogP contribution is 2.25. The first kappa shape index (κ1) is 13.1. The molecule has 1 aliphatic heterocycles. The molecular formula is C14H17F2NO. The van der Waals surface area contributed by atoms with Crippen LogP contribution in [0.5, 0.6) is 0 Å². The fraction of sp³-hybridized carbons (Fsp3) is 0.500. The lowest BCUT2D eigenvalue weighted by Gasteiger charge is -2.33. The average molecular weight is 253 g/mol. The van der Waals surface area contributed by atoms with E-state index in [1.807, 2.05) is 13.8 Å². The Morgan fingerprint density at radius 3 is 2.33 bits per heavy atom. The number of likely N-dealkylation sites (tertiary alicyclic amines) is 1. The Labute approximate surface area is 106 Å². The van der Waals surface area contributed by atoms with Crippen LogP contribution in [-0.4, -0.2) is 29.3 Å². The normalized spacial score (nSPS) is 17.1. The maximum absolute atomic E-state index is 13.2. The van der Waals surface area contributed by atoms with Gasteiger partial charge in [0.05, 0.1) is 5.54 Å². The summed E-state index contributed by atoms with van der Waals surface area (Å²) in [5.74, 6) is -2.06. The first-order valence-electron chi connectivity index (χ1n) is 6.18. The smallest absolute Gasteiger partial charge is 0.182 e. The van der Waals surface area contributed by atoms with Crippen molar-refractivity contribution in [3.05, 3.63) is 35.4 Å². The summed E-state index contributed by atoms with van der Waals surface area (Å²) in [4.78, 5) is 14.5. The minimum absolute atomic E-state index is 0.164. The van der Waals surface area contributed by atoms with Gasteiger partial charge in [0.2, 0.25) is 0 Å². The lowest BCUT2D eigenvalue weighted by atomic mass is 9.91. The van der Waals surface area contributed by atoms with Crippen LogP contribution in [0, 0.1) is 11.6 Å². The molecule has 2 rings (SSSR count). The third-order valence-electron chi connectivity index (χ3n) is 3.63. The van der Waals surface area contributed by atoms with Crippen molar-refractivity contribution < 1.29 is 13.6 Å². The van der Waals surface area contributed by atoms with Crippen molar-refractivity contribution in [2.75, 3.05) is 13.1 Å². The van der Waals surface area contributed by atoms with E-state index < -0.39 is 17.2 Å². The number of hydrogen-bond donors (Lipinski definition) is 0. The predicted octanol–water partition coefficient (Wildman–Crippen LogP) is 3.02. The van der Waals surface area contributed by atoms with Crippen LogP contribution in [0.15, 0.2) is 18.2 Å². The Kier molecular flexibility index (Phi) is 3.48. The number of nitrogens with zero attached hydrogens (tertiary/aromatic N) is 1. The number of halogens is 2. The fourth-order valence-electron chi connectivity index (χ4n) is 2.41. The molecule has 1 heterocycles. The third kappa shape index (κ3) is 2.29. The zero-order valence-corrected chi connectivity index (χ0v) is 10.7. The molecule has 1 saturated heterocycles. The van der Waals surface area contributed by atoms with Gasteiger partial charge in [-0.15, -0.1) is 0 Å². The van der Waals surface area contributed by atoms with Crippen molar-refractivity contribution in [1.82, 2.24) is 4.90 Å². The minimum atomic E-state index is -0.974. The van der Waals surface area contributed by atoms with Crippen molar-refractivity contribution >= 4 is 5.78 Å². The first-order valence-corrected chi connectivity index (χ1v) is 6.18. The second-order valence-electron chi connectivity index (χ2n) is 5.21. The van der Waals surface area contributed by atoms with Crippen LogP contribution >= 0.6 is 0 Å². The van der Waals surface area contributed by atoms with Gasteiger partial charge in [0.25, 0.3) is 0 Å². The average Bonchev–Trinajstić information content (AvgIpc) is 2.86. The van der Waals surface area contributed by atoms with Crippen LogP contribution in [0.1, 0.15) is 37.0 Å². The molecule has 1 aliphatic rings. The van der Waals surface area contributed by atoms with Gasteiger partial charge in [-0.25, -0.2) is 8.78 Å². The topological polar surface area (TPSA) is 20.3 Å². The Hall–Kier alpha value is -1.29. The van der Waals surface area contributed by atoms with E-state index in [1.54, 1.807) is 0 Å². The van der Waals surface area contributed by atoms with Gasteiger partial charge in [-0.05, 0) is 58.0 Å². The van der Waals surface area contributed by atoms with Gasteiger partial charge in [0.1, 0.15) is 0 Å². The number of rotatable bonds is 3. The van der Waals surface area contributed by atoms with E-state index in [9.17, 15) is 13.6 Å². The van der Waals surface area contributed by atoms with Crippen LogP contribution in [0.3, 0.4) is 0 Å². The molecule has 0 bridgehead atoms. The molecule has 0 aromatic heterocycles. The van der Waals surface area contributed by atoms with E-state index in [1.165, 1.54) is 6.07 Å². The van der Waals surface area contributed by atoms with Crippen molar-refractivity contribution in [3.8, 4) is 0 Å². The number of ketones is 1. The monoisotopic (exact) mass is 253 g/mol. The molecule has 18 heavy (non-hydrogen) atoms. The van der Waals surface area contributed by atoms with Crippen LogP contribution in [-0.2, 0) is 0 Å². The van der Waals surface area contributed by atoms with Crippen LogP contribution in [0.25, 0.3) is 0 Å². The lowest BCUT2D eigenvalue weighted by molar-refractivity contribution is 0.0702. The largest absolute Gasteiger partial charge is 0.292 e. The zero-order chi connectivity index (χ0) is 13.3. The standard InChI is InChI=1S/C14H17F2NO/c1-14(2,17-7-3-4-8-17)13(18)10-5-6-11(15)12(16)9-10/h5-6,9H,3-4,7-8H2,1-2H3. The molecule has 4 heteroatoms. The van der Waals surface area contributed by atoms with E-state index in [0.29, 0.717) is 0 Å². The molecule has 0 spiro atoms. The molecule has 0 atom stereocenters. The van der Waals surface area contributed by atoms with Crippen LogP contribution in [0.2, 0.25) is 0 Å². The van der Waals surface area contributed by atoms with E-state index in [-0.39, 0.29) is 11.3 Å². The fourth-order valence-corrected chi connectivity index (χ4v) is 2.41. The molecule has 1 aromatic carbocycles. The zero-order valence-electron chi connectivity index (χ0n) is 10.7. The summed E-state index contributed by atoms with van der Waals surface area (Å²) < 4.78 is 26.0. The van der Waals surface area contributed by atoms with Crippen LogP contribution < -0.4 is 0 Å². The SMILES string of the molecule is CC(C)(C(=O)c1ccc(F)c(F)c1)N1CCCC1. The number of carbonyl (C=O) groups excluding carboxylic acids is 1. The summed E-state index contributed by atoms with van der Waals surface area (Å²) in [6, 6.07) is 3.33. The van der Waals surface area contributed by atoms with E-state index in [2.05, 4.69) is 4.90 Å². The van der Waals surface area contributed by atoms with Gasteiger partial charge in [-0.1, -0.05) is 0 Å². The molecule has 0 N–H and O–H groups in total. The first-order chi connectivity index (χ1) is 8.43. The summed E-state index contributed by atoms with van der Waals surface area (Å²) in [5, 5.41) is 0. The molecule has 0 saturated carbocycles. The van der Waals surface area contributed by atoms with Crippen molar-refractivity contribution in [2.45, 2.75) is 32.2 Å². The van der Waals surface area contributed by atoms with Crippen molar-refractivity contribution in [1.29, 1.82) is 0 Å². The molecule has 0 radical (unpaired) electrons. The minimum Gasteiger partial charge on any atom is -0.292 e. The summed E-state index contributed by atoms with van der Waals surface area (Å²) in [7, 11) is 0. The second kappa shape index (κ2) is 4.76.